The number of carbonyl (C=O) groups is 1. The molecule has 0 aliphatic carbocycles. The van der Waals surface area contributed by atoms with Crippen molar-refractivity contribution in [2.45, 2.75) is 25.8 Å². The van der Waals surface area contributed by atoms with Gasteiger partial charge in [0.05, 0.1) is 19.1 Å². The van der Waals surface area contributed by atoms with Crippen LogP contribution in [0.4, 0.5) is 0 Å². The van der Waals surface area contributed by atoms with E-state index in [0.717, 1.165) is 37.2 Å². The van der Waals surface area contributed by atoms with Gasteiger partial charge in [-0.05, 0) is 44.0 Å². The molecule has 1 fully saturated rings. The van der Waals surface area contributed by atoms with Crippen LogP contribution in [0.25, 0.3) is 0 Å². The maximum Gasteiger partial charge on any atom is 0.224 e. The van der Waals surface area contributed by atoms with Gasteiger partial charge in [-0.25, -0.2) is 0 Å². The van der Waals surface area contributed by atoms with Crippen molar-refractivity contribution < 1.29 is 9.53 Å². The summed E-state index contributed by atoms with van der Waals surface area (Å²) in [5.41, 5.74) is 1.07. The smallest absolute Gasteiger partial charge is 0.224 e. The lowest BCUT2D eigenvalue weighted by molar-refractivity contribution is -0.126. The Morgan fingerprint density at radius 3 is 3.05 bits per heavy atom. The van der Waals surface area contributed by atoms with Crippen LogP contribution in [0.2, 0.25) is 0 Å². The third kappa shape index (κ3) is 3.70. The molecule has 1 heterocycles. The Morgan fingerprint density at radius 1 is 1.53 bits per heavy atom. The van der Waals surface area contributed by atoms with Crippen LogP contribution in [-0.2, 0) is 4.79 Å². The first-order valence-electron chi connectivity index (χ1n) is 6.85. The van der Waals surface area contributed by atoms with Gasteiger partial charge in [0.25, 0.3) is 0 Å². The number of rotatable bonds is 4. The molecule has 19 heavy (non-hydrogen) atoms. The summed E-state index contributed by atoms with van der Waals surface area (Å²) in [6.45, 7) is 3.81. The summed E-state index contributed by atoms with van der Waals surface area (Å²) in [7, 11) is 1.65. The monoisotopic (exact) mass is 262 g/mol. The normalized spacial score (nSPS) is 20.6. The fraction of sp³-hybridized carbons (Fsp3) is 0.533. The largest absolute Gasteiger partial charge is 0.497 e. The zero-order valence-electron chi connectivity index (χ0n) is 11.6. The maximum absolute atomic E-state index is 12.2. The van der Waals surface area contributed by atoms with Gasteiger partial charge in [-0.1, -0.05) is 12.1 Å². The molecule has 0 unspecified atom stereocenters. The molecule has 1 aliphatic heterocycles. The summed E-state index contributed by atoms with van der Waals surface area (Å²) < 4.78 is 5.20. The number of hydrogen-bond donors (Lipinski definition) is 2. The second-order valence-electron chi connectivity index (χ2n) is 5.05. The first-order chi connectivity index (χ1) is 9.20. The molecule has 0 saturated carbocycles. The highest BCUT2D eigenvalue weighted by atomic mass is 16.5. The fourth-order valence-corrected chi connectivity index (χ4v) is 2.40. The van der Waals surface area contributed by atoms with Crippen molar-refractivity contribution in [2.75, 3.05) is 20.2 Å². The van der Waals surface area contributed by atoms with Crippen molar-refractivity contribution in [1.82, 2.24) is 10.6 Å². The van der Waals surface area contributed by atoms with E-state index in [1.807, 2.05) is 31.2 Å². The SMILES string of the molecule is COc1cccc([C@@H](C)NC(=O)[C@H]2CCCNC2)c1. The molecule has 4 nitrogen and oxygen atoms in total. The van der Waals surface area contributed by atoms with E-state index >= 15 is 0 Å². The highest BCUT2D eigenvalue weighted by molar-refractivity contribution is 5.79. The number of ether oxygens (including phenoxy) is 1. The van der Waals surface area contributed by atoms with Crippen LogP contribution in [0.1, 0.15) is 31.4 Å². The van der Waals surface area contributed by atoms with Gasteiger partial charge in [0.15, 0.2) is 0 Å². The average molecular weight is 262 g/mol. The Labute approximate surface area is 114 Å². The van der Waals surface area contributed by atoms with Crippen LogP contribution in [0.5, 0.6) is 5.75 Å². The Balaban J connectivity index is 1.95. The predicted molar refractivity (Wildman–Crippen MR) is 75.1 cm³/mol. The molecule has 0 radical (unpaired) electrons. The van der Waals surface area contributed by atoms with Gasteiger partial charge in [-0.2, -0.15) is 0 Å². The van der Waals surface area contributed by atoms with E-state index in [4.69, 9.17) is 4.74 Å². The summed E-state index contributed by atoms with van der Waals surface area (Å²) in [5.74, 6) is 1.06. The number of piperidine rings is 1. The van der Waals surface area contributed by atoms with Crippen molar-refractivity contribution in [2.24, 2.45) is 5.92 Å². The number of methoxy groups -OCH3 is 1. The first kappa shape index (κ1) is 13.9. The molecular weight excluding hydrogens is 240 g/mol. The van der Waals surface area contributed by atoms with Crippen LogP contribution < -0.4 is 15.4 Å². The molecule has 1 amide bonds. The average Bonchev–Trinajstić information content (AvgIpc) is 2.48. The molecular formula is C15H22N2O2. The van der Waals surface area contributed by atoms with Gasteiger partial charge in [0.2, 0.25) is 5.91 Å². The van der Waals surface area contributed by atoms with E-state index in [-0.39, 0.29) is 17.9 Å². The number of benzene rings is 1. The van der Waals surface area contributed by atoms with Crippen LogP contribution in [-0.4, -0.2) is 26.1 Å². The van der Waals surface area contributed by atoms with E-state index in [2.05, 4.69) is 10.6 Å². The summed E-state index contributed by atoms with van der Waals surface area (Å²) in [6.07, 6.45) is 2.05. The molecule has 2 atom stereocenters. The zero-order chi connectivity index (χ0) is 13.7. The number of carbonyl (C=O) groups excluding carboxylic acids is 1. The molecule has 1 aromatic rings. The summed E-state index contributed by atoms with van der Waals surface area (Å²) in [4.78, 5) is 12.2. The van der Waals surface area contributed by atoms with Crippen molar-refractivity contribution in [3.63, 3.8) is 0 Å². The minimum atomic E-state index is 0.00419. The summed E-state index contributed by atoms with van der Waals surface area (Å²) in [6, 6.07) is 7.82. The Bertz CT molecular complexity index is 428. The van der Waals surface area contributed by atoms with Crippen LogP contribution >= 0.6 is 0 Å². The van der Waals surface area contributed by atoms with Crippen molar-refractivity contribution in [3.8, 4) is 5.75 Å². The molecule has 0 spiro atoms. The van der Waals surface area contributed by atoms with Gasteiger partial charge in [-0.15, -0.1) is 0 Å². The molecule has 1 aromatic carbocycles. The Morgan fingerprint density at radius 2 is 2.37 bits per heavy atom. The Kier molecular flexibility index (Phi) is 4.80. The minimum Gasteiger partial charge on any atom is -0.497 e. The number of nitrogens with one attached hydrogen (secondary N) is 2. The molecule has 1 aliphatic rings. The van der Waals surface area contributed by atoms with E-state index in [9.17, 15) is 4.79 Å². The number of hydrogen-bond acceptors (Lipinski definition) is 3. The van der Waals surface area contributed by atoms with Gasteiger partial charge < -0.3 is 15.4 Å². The van der Waals surface area contributed by atoms with Crippen molar-refractivity contribution in [3.05, 3.63) is 29.8 Å². The van der Waals surface area contributed by atoms with Crippen LogP contribution in [0.3, 0.4) is 0 Å². The van der Waals surface area contributed by atoms with Gasteiger partial charge in [-0.3, -0.25) is 4.79 Å². The molecule has 2 rings (SSSR count). The van der Waals surface area contributed by atoms with E-state index < -0.39 is 0 Å². The quantitative estimate of drug-likeness (QED) is 0.871. The fourth-order valence-electron chi connectivity index (χ4n) is 2.40. The molecule has 0 bridgehead atoms. The molecule has 104 valence electrons. The first-order valence-corrected chi connectivity index (χ1v) is 6.85. The van der Waals surface area contributed by atoms with Gasteiger partial charge >= 0.3 is 0 Å². The molecule has 2 N–H and O–H groups in total. The minimum absolute atomic E-state index is 0.00419. The van der Waals surface area contributed by atoms with E-state index in [0.29, 0.717) is 0 Å². The third-order valence-corrected chi connectivity index (χ3v) is 3.62. The highest BCUT2D eigenvalue weighted by Gasteiger charge is 2.22. The Hall–Kier alpha value is -1.55. The lowest BCUT2D eigenvalue weighted by Gasteiger charge is -2.24. The highest BCUT2D eigenvalue weighted by Crippen LogP contribution is 2.20. The van der Waals surface area contributed by atoms with Crippen LogP contribution in [0, 0.1) is 5.92 Å². The molecule has 1 saturated heterocycles. The second kappa shape index (κ2) is 6.57. The van der Waals surface area contributed by atoms with Gasteiger partial charge in [0, 0.05) is 6.54 Å². The van der Waals surface area contributed by atoms with Crippen molar-refractivity contribution in [1.29, 1.82) is 0 Å². The predicted octanol–water partition coefficient (Wildman–Crippen LogP) is 1.87. The topological polar surface area (TPSA) is 50.4 Å². The van der Waals surface area contributed by atoms with E-state index in [1.54, 1.807) is 7.11 Å². The standard InChI is InChI=1S/C15H22N2O2/c1-11(12-5-3-7-14(9-12)19-2)17-15(18)13-6-4-8-16-10-13/h3,5,7,9,11,13,16H,4,6,8,10H2,1-2H3,(H,17,18)/t11-,13+/m1/s1. The summed E-state index contributed by atoms with van der Waals surface area (Å²) >= 11 is 0. The third-order valence-electron chi connectivity index (χ3n) is 3.62. The van der Waals surface area contributed by atoms with Gasteiger partial charge in [0.1, 0.15) is 5.75 Å². The number of amides is 1. The molecule has 0 aromatic heterocycles. The maximum atomic E-state index is 12.2. The second-order valence-corrected chi connectivity index (χ2v) is 5.05. The lowest BCUT2D eigenvalue weighted by atomic mass is 9.98. The van der Waals surface area contributed by atoms with Crippen molar-refractivity contribution >= 4 is 5.91 Å². The summed E-state index contributed by atoms with van der Waals surface area (Å²) in [5, 5.41) is 6.35. The van der Waals surface area contributed by atoms with Crippen LogP contribution in [0.15, 0.2) is 24.3 Å². The molecule has 4 heteroatoms. The zero-order valence-corrected chi connectivity index (χ0v) is 11.6. The van der Waals surface area contributed by atoms with E-state index in [1.165, 1.54) is 0 Å². The lowest BCUT2D eigenvalue weighted by Crippen LogP contribution is -2.41.